The van der Waals surface area contributed by atoms with Crippen LogP contribution >= 0.6 is 0 Å². The molecule has 3 amide bonds. The van der Waals surface area contributed by atoms with E-state index in [4.69, 9.17) is 20.2 Å². The summed E-state index contributed by atoms with van der Waals surface area (Å²) in [6, 6.07) is 12.5. The van der Waals surface area contributed by atoms with Crippen molar-refractivity contribution in [2.75, 3.05) is 7.11 Å². The number of nitrogens with one attached hydrogen (secondary N) is 2. The molecule has 13 nitrogen and oxygen atoms in total. The molecule has 1 heterocycles. The van der Waals surface area contributed by atoms with Gasteiger partial charge in [0.2, 0.25) is 11.8 Å². The number of carboxylic acids is 1. The Morgan fingerprint density at radius 1 is 1.02 bits per heavy atom. The fraction of sp³-hybridized carbons (Fsp3) is 0.324. The number of alkyl carbamates (subject to hydrolysis) is 1. The van der Waals surface area contributed by atoms with Gasteiger partial charge in [0, 0.05) is 30.3 Å². The molecule has 0 saturated carbocycles. The fourth-order valence-electron chi connectivity index (χ4n) is 5.59. The number of carboxylic acid groups (broad SMARTS) is 1. The molecule has 0 spiro atoms. The molecule has 0 unspecified atom stereocenters. The van der Waals surface area contributed by atoms with Gasteiger partial charge in [-0.2, -0.15) is 0 Å². The zero-order valence-electron chi connectivity index (χ0n) is 29.2. The molecule has 0 aliphatic heterocycles. The monoisotopic (exact) mass is 685 g/mol. The largest absolute Gasteiger partial charge is 0.504 e. The normalized spacial score (nSPS) is 12.5. The highest BCUT2D eigenvalue weighted by Crippen LogP contribution is 2.30. The number of aromatic hydroxyl groups is 1. The van der Waals surface area contributed by atoms with E-state index in [1.54, 1.807) is 84.1 Å². The molecular formula is C37H43N5O8. The van der Waals surface area contributed by atoms with Crippen molar-refractivity contribution < 1.29 is 38.9 Å². The minimum absolute atomic E-state index is 0.0201. The van der Waals surface area contributed by atoms with Crippen LogP contribution < -0.4 is 15.8 Å². The maximum atomic E-state index is 14.8. The van der Waals surface area contributed by atoms with Gasteiger partial charge in [0.1, 0.15) is 17.5 Å². The van der Waals surface area contributed by atoms with Crippen molar-refractivity contribution in [3.05, 3.63) is 100.0 Å². The molecule has 0 saturated heterocycles. The summed E-state index contributed by atoms with van der Waals surface area (Å²) in [5.74, 6) is -1.59. The number of rotatable bonds is 12. The summed E-state index contributed by atoms with van der Waals surface area (Å²) in [5.41, 5.74) is 8.94. The van der Waals surface area contributed by atoms with E-state index < -0.39 is 41.6 Å². The zero-order chi connectivity index (χ0) is 36.9. The van der Waals surface area contributed by atoms with Gasteiger partial charge in [-0.3, -0.25) is 9.59 Å². The number of nitrogens with zero attached hydrogens (tertiary/aromatic N) is 2. The number of H-pyrrole nitrogens is 1. The van der Waals surface area contributed by atoms with Crippen molar-refractivity contribution in [3.63, 3.8) is 0 Å². The van der Waals surface area contributed by atoms with Gasteiger partial charge in [0.05, 0.1) is 24.4 Å². The van der Waals surface area contributed by atoms with E-state index in [1.165, 1.54) is 30.2 Å². The number of aryl methyl sites for hydroxylation is 2. The van der Waals surface area contributed by atoms with Gasteiger partial charge in [-0.05, 0) is 100 Å². The van der Waals surface area contributed by atoms with Crippen LogP contribution in [-0.4, -0.2) is 67.7 Å². The molecule has 0 fully saturated rings. The van der Waals surface area contributed by atoms with Crippen LogP contribution in [-0.2, 0) is 22.5 Å². The molecule has 3 aromatic carbocycles. The average Bonchev–Trinajstić information content (AvgIpc) is 3.54. The second-order valence-corrected chi connectivity index (χ2v) is 13.1. The number of methoxy groups -OCH3 is 1. The van der Waals surface area contributed by atoms with E-state index in [0.29, 0.717) is 39.3 Å². The van der Waals surface area contributed by atoms with E-state index in [0.717, 1.165) is 5.56 Å². The number of aromatic amines is 1. The summed E-state index contributed by atoms with van der Waals surface area (Å²) in [4.78, 5) is 60.9. The number of phenols is 1. The van der Waals surface area contributed by atoms with Crippen LogP contribution in [0.25, 0.3) is 11.3 Å². The molecule has 13 heteroatoms. The third kappa shape index (κ3) is 8.98. The summed E-state index contributed by atoms with van der Waals surface area (Å²) in [7, 11) is 1.42. The van der Waals surface area contributed by atoms with Gasteiger partial charge in [-0.15, -0.1) is 0 Å². The number of ether oxygens (including phenoxy) is 2. The van der Waals surface area contributed by atoms with Crippen molar-refractivity contribution in [3.8, 4) is 22.8 Å². The lowest BCUT2D eigenvalue weighted by Crippen LogP contribution is -2.51. The predicted molar refractivity (Wildman–Crippen MR) is 186 cm³/mol. The van der Waals surface area contributed by atoms with Crippen LogP contribution in [0.4, 0.5) is 4.79 Å². The van der Waals surface area contributed by atoms with Crippen LogP contribution in [0, 0.1) is 13.8 Å². The first kappa shape index (κ1) is 37.0. The molecule has 6 N–H and O–H groups in total. The first-order chi connectivity index (χ1) is 23.5. The lowest BCUT2D eigenvalue weighted by atomic mass is 9.93. The number of hydrogen-bond donors (Lipinski definition) is 5. The highest BCUT2D eigenvalue weighted by atomic mass is 16.6. The molecule has 0 radical (unpaired) electrons. The highest BCUT2D eigenvalue weighted by molar-refractivity contribution is 5.93. The minimum atomic E-state index is -1.13. The number of hydrogen-bond acceptors (Lipinski definition) is 8. The second-order valence-electron chi connectivity index (χ2n) is 13.1. The molecule has 50 heavy (non-hydrogen) atoms. The van der Waals surface area contributed by atoms with Crippen molar-refractivity contribution in [2.24, 2.45) is 5.73 Å². The molecule has 4 rings (SSSR count). The molecule has 4 aromatic rings. The highest BCUT2D eigenvalue weighted by Gasteiger charge is 2.33. The second kappa shape index (κ2) is 15.1. The van der Waals surface area contributed by atoms with Gasteiger partial charge in [-0.25, -0.2) is 14.6 Å². The van der Waals surface area contributed by atoms with E-state index in [-0.39, 0.29) is 30.0 Å². The Kier molecular flexibility index (Phi) is 11.2. The minimum Gasteiger partial charge on any atom is -0.504 e. The molecule has 0 aliphatic rings. The van der Waals surface area contributed by atoms with Crippen molar-refractivity contribution in [1.82, 2.24) is 20.2 Å². The maximum absolute atomic E-state index is 14.8. The van der Waals surface area contributed by atoms with Gasteiger partial charge in [0.25, 0.3) is 0 Å². The molecule has 1 aromatic heterocycles. The summed E-state index contributed by atoms with van der Waals surface area (Å²) < 4.78 is 10.9. The summed E-state index contributed by atoms with van der Waals surface area (Å²) in [5, 5.41) is 22.5. The predicted octanol–water partition coefficient (Wildman–Crippen LogP) is 5.43. The van der Waals surface area contributed by atoms with Crippen LogP contribution in [0.2, 0.25) is 0 Å². The fourth-order valence-corrected chi connectivity index (χ4v) is 5.59. The lowest BCUT2D eigenvalue weighted by Gasteiger charge is -2.33. The third-order valence-corrected chi connectivity index (χ3v) is 8.12. The van der Waals surface area contributed by atoms with Crippen LogP contribution in [0.1, 0.15) is 82.5 Å². The Morgan fingerprint density at radius 3 is 2.30 bits per heavy atom. The number of carbonyl (C=O) groups excluding carboxylic acids is 3. The number of aromatic nitrogens is 2. The molecule has 0 bridgehead atoms. The molecule has 2 atom stereocenters. The first-order valence-corrected chi connectivity index (χ1v) is 15.9. The van der Waals surface area contributed by atoms with E-state index in [2.05, 4.69) is 10.3 Å². The van der Waals surface area contributed by atoms with Crippen molar-refractivity contribution >= 4 is 23.9 Å². The number of nitrogens with two attached hydrogens (primary N) is 1. The number of aromatic carboxylic acids is 1. The Morgan fingerprint density at radius 2 is 1.70 bits per heavy atom. The maximum Gasteiger partial charge on any atom is 0.408 e. The third-order valence-electron chi connectivity index (χ3n) is 8.12. The zero-order valence-corrected chi connectivity index (χ0v) is 29.2. The van der Waals surface area contributed by atoms with Crippen LogP contribution in [0.15, 0.2) is 60.8 Å². The number of carbonyl (C=O) groups is 4. The van der Waals surface area contributed by atoms with Gasteiger partial charge < -0.3 is 40.6 Å². The number of phenolic OH excluding ortho intramolecular Hbond substituents is 1. The average molecular weight is 686 g/mol. The van der Waals surface area contributed by atoms with Gasteiger partial charge in [0.15, 0.2) is 11.5 Å². The number of benzene rings is 3. The number of imidazole rings is 1. The molecule has 0 aliphatic carbocycles. The Balaban J connectivity index is 1.79. The standard InChI is InChI=1S/C37H43N5O8/c1-20-13-26(32(38)44)14-21(2)27(20)17-28(41-36(48)50-37(4,5)6)34(45)42(19-23-11-12-30(43)31(15-23)49-7)22(3)33-39-18-29(40-33)24-9-8-10-25(16-24)35(46)47/h8-16,18,22,28,43H,17,19H2,1-7H3,(H2,38,44)(H,39,40)(H,41,48)(H,46,47)/t22-,28-/m0/s1. The molecular weight excluding hydrogens is 642 g/mol. The number of amides is 3. The van der Waals surface area contributed by atoms with Crippen LogP contribution in [0.3, 0.4) is 0 Å². The SMILES string of the molecule is COc1cc(CN(C(=O)[C@H](Cc2c(C)cc(C(N)=O)cc2C)NC(=O)OC(C)(C)C)[C@@H](C)c2nc(-c3cccc(C(=O)O)c3)c[nH]2)ccc1O. The van der Waals surface area contributed by atoms with Crippen LogP contribution in [0.5, 0.6) is 11.5 Å². The Hall–Kier alpha value is -5.85. The lowest BCUT2D eigenvalue weighted by molar-refractivity contribution is -0.136. The van der Waals surface area contributed by atoms with E-state index in [9.17, 15) is 29.4 Å². The topological polar surface area (TPSA) is 197 Å². The number of primary amides is 1. The van der Waals surface area contributed by atoms with Gasteiger partial charge in [-0.1, -0.05) is 18.2 Å². The summed E-state index contributed by atoms with van der Waals surface area (Å²) in [6.45, 7) is 10.5. The van der Waals surface area contributed by atoms with Gasteiger partial charge >= 0.3 is 12.1 Å². The summed E-state index contributed by atoms with van der Waals surface area (Å²) >= 11 is 0. The Labute approximate surface area is 290 Å². The van der Waals surface area contributed by atoms with Crippen molar-refractivity contribution in [1.29, 1.82) is 0 Å². The summed E-state index contributed by atoms with van der Waals surface area (Å²) in [6.07, 6.45) is 0.891. The molecule has 264 valence electrons. The first-order valence-electron chi connectivity index (χ1n) is 15.9. The Bertz CT molecular complexity index is 1890. The van der Waals surface area contributed by atoms with E-state index >= 15 is 0 Å². The van der Waals surface area contributed by atoms with Crippen molar-refractivity contribution in [2.45, 2.75) is 72.2 Å². The smallest absolute Gasteiger partial charge is 0.408 e. The van der Waals surface area contributed by atoms with E-state index in [1.807, 2.05) is 0 Å². The quantitative estimate of drug-likeness (QED) is 0.129.